The van der Waals surface area contributed by atoms with E-state index < -0.39 is 6.10 Å². The third-order valence-corrected chi connectivity index (χ3v) is 7.33. The summed E-state index contributed by atoms with van der Waals surface area (Å²) < 4.78 is 7.01. The van der Waals surface area contributed by atoms with Crippen LogP contribution in [-0.4, -0.2) is 58.8 Å². The number of thiazole rings is 1. The molecule has 3 aromatic carbocycles. The van der Waals surface area contributed by atoms with E-state index in [-0.39, 0.29) is 6.61 Å². The Balaban J connectivity index is 1.10. The summed E-state index contributed by atoms with van der Waals surface area (Å²) in [6, 6.07) is 21.5. The first-order valence-electron chi connectivity index (χ1n) is 11.5. The van der Waals surface area contributed by atoms with E-state index in [4.69, 9.17) is 4.74 Å². The first-order chi connectivity index (χ1) is 16.0. The van der Waals surface area contributed by atoms with Gasteiger partial charge in [0, 0.05) is 44.8 Å². The van der Waals surface area contributed by atoms with E-state index in [0.717, 1.165) is 40.6 Å². The molecule has 0 bridgehead atoms. The van der Waals surface area contributed by atoms with E-state index in [2.05, 4.69) is 70.7 Å². The smallest absolute Gasteiger partial charge is 0.121 e. The van der Waals surface area contributed by atoms with Crippen molar-refractivity contribution in [1.82, 2.24) is 14.8 Å². The van der Waals surface area contributed by atoms with Gasteiger partial charge in [0.2, 0.25) is 0 Å². The number of aromatic nitrogens is 1. The summed E-state index contributed by atoms with van der Waals surface area (Å²) in [5.74, 6) is 0.757. The molecule has 2 atom stereocenters. The minimum atomic E-state index is -0.532. The van der Waals surface area contributed by atoms with Crippen LogP contribution >= 0.6 is 11.3 Å². The lowest BCUT2D eigenvalue weighted by Crippen LogP contribution is -2.47. The van der Waals surface area contributed by atoms with Crippen molar-refractivity contribution in [2.24, 2.45) is 0 Å². The van der Waals surface area contributed by atoms with E-state index in [0.29, 0.717) is 12.6 Å². The molecule has 5 rings (SSSR count). The van der Waals surface area contributed by atoms with E-state index in [1.165, 1.54) is 16.3 Å². The molecule has 0 aliphatic carbocycles. The van der Waals surface area contributed by atoms with Gasteiger partial charge in [-0.1, -0.05) is 36.4 Å². The number of rotatable bonds is 7. The Morgan fingerprint density at radius 2 is 1.91 bits per heavy atom. The number of fused-ring (bicyclic) bond motifs is 2. The lowest BCUT2D eigenvalue weighted by molar-refractivity contribution is 0.0509. The first-order valence-corrected chi connectivity index (χ1v) is 12.3. The number of β-amino-alcohol motifs (C(OH)–C–C–N with tert-alkyl or cyclic N) is 1. The van der Waals surface area contributed by atoms with Gasteiger partial charge < -0.3 is 9.84 Å². The minimum absolute atomic E-state index is 0.280. The second-order valence-corrected chi connectivity index (χ2v) is 10.0. The van der Waals surface area contributed by atoms with Gasteiger partial charge >= 0.3 is 0 Å². The largest absolute Gasteiger partial charge is 0.491 e. The Morgan fingerprint density at radius 1 is 1.06 bits per heavy atom. The van der Waals surface area contributed by atoms with Crippen LogP contribution in [0.25, 0.3) is 21.0 Å². The highest BCUT2D eigenvalue weighted by Crippen LogP contribution is 2.27. The van der Waals surface area contributed by atoms with Crippen LogP contribution in [0.2, 0.25) is 0 Å². The predicted octanol–water partition coefficient (Wildman–Crippen LogP) is 5.04. The molecule has 171 valence electrons. The molecule has 33 heavy (non-hydrogen) atoms. The molecule has 0 saturated carbocycles. The molecule has 1 aromatic heterocycles. The van der Waals surface area contributed by atoms with Crippen molar-refractivity contribution in [3.63, 3.8) is 0 Å². The normalized spacial score (nSPS) is 17.4. The number of piperazine rings is 1. The maximum atomic E-state index is 10.5. The number of benzene rings is 3. The van der Waals surface area contributed by atoms with Gasteiger partial charge in [-0.2, -0.15) is 0 Å². The SMILES string of the molecule is Cc1nc2cc(OC[C@H](O)CN3C[CH]N([C@@H](C)c4ccc5ccccc5c4)CC3)ccc2s1. The third kappa shape index (κ3) is 5.20. The molecule has 6 heteroatoms. The number of aliphatic hydroxyl groups is 1. The van der Waals surface area contributed by atoms with Gasteiger partial charge in [0.05, 0.1) is 15.2 Å². The van der Waals surface area contributed by atoms with E-state index in [1.54, 1.807) is 11.3 Å². The Labute approximate surface area is 199 Å². The highest BCUT2D eigenvalue weighted by Gasteiger charge is 2.24. The van der Waals surface area contributed by atoms with Gasteiger partial charge in [0.15, 0.2) is 0 Å². The molecule has 0 unspecified atom stereocenters. The average Bonchev–Trinajstić information content (AvgIpc) is 3.21. The van der Waals surface area contributed by atoms with Crippen LogP contribution in [0.5, 0.6) is 5.75 Å². The number of hydrogen-bond acceptors (Lipinski definition) is 6. The molecular formula is C27H30N3O2S. The summed E-state index contributed by atoms with van der Waals surface area (Å²) >= 11 is 1.68. The summed E-state index contributed by atoms with van der Waals surface area (Å²) in [5, 5.41) is 14.1. The molecule has 4 aromatic rings. The molecule has 1 saturated heterocycles. The topological polar surface area (TPSA) is 48.8 Å². The van der Waals surface area contributed by atoms with Crippen molar-refractivity contribution >= 4 is 32.3 Å². The van der Waals surface area contributed by atoms with Crippen molar-refractivity contribution in [2.75, 3.05) is 32.8 Å². The minimum Gasteiger partial charge on any atom is -0.491 e. The van der Waals surface area contributed by atoms with Gasteiger partial charge in [-0.25, -0.2) is 4.98 Å². The zero-order valence-corrected chi connectivity index (χ0v) is 20.0. The van der Waals surface area contributed by atoms with E-state index in [1.807, 2.05) is 25.1 Å². The zero-order valence-electron chi connectivity index (χ0n) is 19.1. The highest BCUT2D eigenvalue weighted by molar-refractivity contribution is 7.18. The Hall–Kier alpha value is -2.51. The molecule has 0 spiro atoms. The fourth-order valence-corrected chi connectivity index (χ4v) is 5.30. The lowest BCUT2D eigenvalue weighted by atomic mass is 10.0. The standard InChI is InChI=1S/C27H30N3O2S/c1-19(22-8-7-21-5-3-4-6-23(21)15-22)30-13-11-29(12-14-30)17-24(31)18-32-25-9-10-27-26(16-25)28-20(2)33-27/h3-10,13,15-16,19,24,31H,11-12,14,17-18H2,1-2H3/t19-,24+/m0/s1. The molecule has 1 aliphatic heterocycles. The quantitative estimate of drug-likeness (QED) is 0.419. The van der Waals surface area contributed by atoms with Gasteiger partial charge in [-0.3, -0.25) is 9.80 Å². The molecule has 5 nitrogen and oxygen atoms in total. The fourth-order valence-electron chi connectivity index (χ4n) is 4.49. The average molecular weight is 461 g/mol. The number of ether oxygens (including phenoxy) is 1. The monoisotopic (exact) mass is 460 g/mol. The van der Waals surface area contributed by atoms with Crippen molar-refractivity contribution in [3.8, 4) is 5.75 Å². The van der Waals surface area contributed by atoms with Crippen LogP contribution in [0.4, 0.5) is 0 Å². The second kappa shape index (κ2) is 9.77. The maximum absolute atomic E-state index is 10.5. The first kappa shape index (κ1) is 22.3. The Bertz CT molecular complexity index is 1230. The van der Waals surface area contributed by atoms with Crippen molar-refractivity contribution < 1.29 is 9.84 Å². The number of hydrogen-bond donors (Lipinski definition) is 1. The Kier molecular flexibility index (Phi) is 6.60. The summed E-state index contributed by atoms with van der Waals surface area (Å²) in [6.45, 7) is 10.1. The van der Waals surface area contributed by atoms with Gasteiger partial charge in [-0.05, 0) is 48.4 Å². The third-order valence-electron chi connectivity index (χ3n) is 6.38. The molecule has 1 radical (unpaired) electrons. The van der Waals surface area contributed by atoms with Gasteiger partial charge in [-0.15, -0.1) is 11.3 Å². The summed E-state index contributed by atoms with van der Waals surface area (Å²) in [7, 11) is 0. The van der Waals surface area contributed by atoms with Gasteiger partial charge in [0.25, 0.3) is 0 Å². The number of aliphatic hydroxyl groups excluding tert-OH is 1. The van der Waals surface area contributed by atoms with Gasteiger partial charge in [0.1, 0.15) is 18.5 Å². The van der Waals surface area contributed by atoms with Crippen LogP contribution in [0.3, 0.4) is 0 Å². The van der Waals surface area contributed by atoms with Crippen LogP contribution in [0.15, 0.2) is 60.7 Å². The summed E-state index contributed by atoms with van der Waals surface area (Å²) in [4.78, 5) is 9.21. The van der Waals surface area contributed by atoms with E-state index >= 15 is 0 Å². The van der Waals surface area contributed by atoms with Crippen LogP contribution < -0.4 is 4.74 Å². The molecular weight excluding hydrogens is 430 g/mol. The number of aryl methyl sites for hydroxylation is 1. The second-order valence-electron chi connectivity index (χ2n) is 8.79. The molecule has 1 fully saturated rings. The van der Waals surface area contributed by atoms with Crippen molar-refractivity contribution in [1.29, 1.82) is 0 Å². The van der Waals surface area contributed by atoms with Crippen molar-refractivity contribution in [3.05, 3.63) is 77.8 Å². The van der Waals surface area contributed by atoms with Crippen LogP contribution in [0, 0.1) is 13.5 Å². The lowest BCUT2D eigenvalue weighted by Gasteiger charge is -2.38. The number of nitrogens with zero attached hydrogens (tertiary/aromatic N) is 3. The van der Waals surface area contributed by atoms with E-state index in [9.17, 15) is 5.11 Å². The van der Waals surface area contributed by atoms with Crippen LogP contribution in [-0.2, 0) is 0 Å². The van der Waals surface area contributed by atoms with Crippen molar-refractivity contribution in [2.45, 2.75) is 26.0 Å². The molecule has 1 N–H and O–H groups in total. The molecule has 2 heterocycles. The summed E-state index contributed by atoms with van der Waals surface area (Å²) in [6.07, 6.45) is -0.532. The predicted molar refractivity (Wildman–Crippen MR) is 136 cm³/mol. The maximum Gasteiger partial charge on any atom is 0.121 e. The van der Waals surface area contributed by atoms with Crippen LogP contribution in [0.1, 0.15) is 23.5 Å². The molecule has 1 aliphatic rings. The highest BCUT2D eigenvalue weighted by atomic mass is 32.1. The zero-order chi connectivity index (χ0) is 22.8. The fraction of sp³-hybridized carbons (Fsp3) is 0.333. The Morgan fingerprint density at radius 3 is 2.73 bits per heavy atom. The summed E-state index contributed by atoms with van der Waals surface area (Å²) in [5.41, 5.74) is 2.29. The molecule has 0 amide bonds.